The molecule has 0 spiro atoms. The van der Waals surface area contributed by atoms with Crippen LogP contribution in [-0.4, -0.2) is 48.7 Å². The minimum atomic E-state index is -0.341. The zero-order valence-corrected chi connectivity index (χ0v) is 13.0. The lowest BCUT2D eigenvalue weighted by atomic mass is 10.2. The van der Waals surface area contributed by atoms with Crippen LogP contribution >= 0.6 is 0 Å². The maximum Gasteiger partial charge on any atom is 0.315 e. The number of amides is 3. The van der Waals surface area contributed by atoms with Crippen LogP contribution in [0.5, 0.6) is 0 Å². The smallest absolute Gasteiger partial charge is 0.315 e. The number of hydrogen-bond acceptors (Lipinski definition) is 3. The van der Waals surface area contributed by atoms with E-state index in [0.717, 1.165) is 5.56 Å². The number of carbonyl (C=O) groups is 2. The molecule has 2 N–H and O–H groups in total. The Kier molecular flexibility index (Phi) is 5.77. The van der Waals surface area contributed by atoms with Gasteiger partial charge in [0.1, 0.15) is 0 Å². The van der Waals surface area contributed by atoms with E-state index < -0.39 is 0 Å². The van der Waals surface area contributed by atoms with Crippen molar-refractivity contribution >= 4 is 11.9 Å². The first-order chi connectivity index (χ1) is 10.5. The van der Waals surface area contributed by atoms with Crippen LogP contribution in [-0.2, 0) is 16.1 Å². The molecule has 0 bridgehead atoms. The fourth-order valence-corrected chi connectivity index (χ4v) is 2.49. The summed E-state index contributed by atoms with van der Waals surface area (Å²) in [6.45, 7) is 5.45. The van der Waals surface area contributed by atoms with E-state index in [4.69, 9.17) is 4.74 Å². The van der Waals surface area contributed by atoms with Crippen LogP contribution in [0.2, 0.25) is 0 Å². The first kappa shape index (κ1) is 16.3. The largest absolute Gasteiger partial charge is 0.372 e. The molecule has 1 aliphatic heterocycles. The van der Waals surface area contributed by atoms with Crippen LogP contribution in [0, 0.1) is 0 Å². The second-order valence-electron chi connectivity index (χ2n) is 5.58. The third kappa shape index (κ3) is 5.04. The standard InChI is InChI=1S/C16H23N3O3/c1-12-10-19(11-13(2)22-12)15(20)9-18-16(21)17-8-14-6-4-3-5-7-14/h3-7,12-13H,8-11H2,1-2H3,(H2,17,18,21)/t12-,13-/m1/s1. The first-order valence-electron chi connectivity index (χ1n) is 7.53. The predicted molar refractivity (Wildman–Crippen MR) is 83.3 cm³/mol. The number of rotatable bonds is 4. The molecule has 6 heteroatoms. The van der Waals surface area contributed by atoms with Crippen molar-refractivity contribution < 1.29 is 14.3 Å². The minimum absolute atomic E-state index is 0.0000625. The molecule has 0 radical (unpaired) electrons. The molecule has 1 heterocycles. The minimum Gasteiger partial charge on any atom is -0.372 e. The maximum absolute atomic E-state index is 12.1. The Balaban J connectivity index is 1.70. The number of carbonyl (C=O) groups excluding carboxylic acids is 2. The van der Waals surface area contributed by atoms with E-state index in [-0.39, 0.29) is 30.7 Å². The molecular weight excluding hydrogens is 282 g/mol. The highest BCUT2D eigenvalue weighted by molar-refractivity contribution is 5.84. The van der Waals surface area contributed by atoms with Crippen LogP contribution in [0.25, 0.3) is 0 Å². The van der Waals surface area contributed by atoms with E-state index in [2.05, 4.69) is 10.6 Å². The Bertz CT molecular complexity index is 497. The number of benzene rings is 1. The summed E-state index contributed by atoms with van der Waals surface area (Å²) in [6, 6.07) is 9.28. The predicted octanol–water partition coefficient (Wildman–Crippen LogP) is 1.12. The molecule has 1 aromatic carbocycles. The van der Waals surface area contributed by atoms with Gasteiger partial charge in [-0.05, 0) is 19.4 Å². The molecule has 6 nitrogen and oxygen atoms in total. The average Bonchev–Trinajstić information content (AvgIpc) is 2.50. The molecule has 1 aromatic rings. The fraction of sp³-hybridized carbons (Fsp3) is 0.500. The number of ether oxygens (including phenoxy) is 1. The third-order valence-corrected chi connectivity index (χ3v) is 3.47. The molecular formula is C16H23N3O3. The molecule has 0 aromatic heterocycles. The molecule has 2 atom stereocenters. The number of hydrogen-bond donors (Lipinski definition) is 2. The van der Waals surface area contributed by atoms with Crippen molar-refractivity contribution in [2.24, 2.45) is 0 Å². The van der Waals surface area contributed by atoms with Gasteiger partial charge in [-0.2, -0.15) is 0 Å². The lowest BCUT2D eigenvalue weighted by Gasteiger charge is -2.35. The Morgan fingerprint density at radius 1 is 1.14 bits per heavy atom. The van der Waals surface area contributed by atoms with Crippen LogP contribution < -0.4 is 10.6 Å². The van der Waals surface area contributed by atoms with Gasteiger partial charge in [0.2, 0.25) is 5.91 Å². The number of urea groups is 1. The molecule has 2 rings (SSSR count). The Morgan fingerprint density at radius 3 is 2.41 bits per heavy atom. The van der Waals surface area contributed by atoms with Crippen LogP contribution in [0.15, 0.2) is 30.3 Å². The number of morpholine rings is 1. The zero-order valence-electron chi connectivity index (χ0n) is 13.0. The summed E-state index contributed by atoms with van der Waals surface area (Å²) in [7, 11) is 0. The topological polar surface area (TPSA) is 70.7 Å². The Labute approximate surface area is 130 Å². The summed E-state index contributed by atoms with van der Waals surface area (Å²) in [6.07, 6.45) is 0.0548. The Morgan fingerprint density at radius 2 is 1.77 bits per heavy atom. The van der Waals surface area contributed by atoms with E-state index in [1.165, 1.54) is 0 Å². The van der Waals surface area contributed by atoms with Gasteiger partial charge < -0.3 is 20.3 Å². The van der Waals surface area contributed by atoms with Gasteiger partial charge in [-0.3, -0.25) is 4.79 Å². The summed E-state index contributed by atoms with van der Waals surface area (Å²) < 4.78 is 5.59. The summed E-state index contributed by atoms with van der Waals surface area (Å²) in [4.78, 5) is 25.5. The highest BCUT2D eigenvalue weighted by atomic mass is 16.5. The summed E-state index contributed by atoms with van der Waals surface area (Å²) in [5, 5.41) is 5.33. The van der Waals surface area contributed by atoms with Crippen LogP contribution in [0.3, 0.4) is 0 Å². The molecule has 0 aliphatic carbocycles. The van der Waals surface area contributed by atoms with Crippen LogP contribution in [0.4, 0.5) is 4.79 Å². The van der Waals surface area contributed by atoms with Gasteiger partial charge in [0.15, 0.2) is 0 Å². The SMILES string of the molecule is C[C@@H]1CN(C(=O)CNC(=O)NCc2ccccc2)C[C@@H](C)O1. The molecule has 1 fully saturated rings. The summed E-state index contributed by atoms with van der Waals surface area (Å²) >= 11 is 0. The molecule has 1 aliphatic rings. The van der Waals surface area contributed by atoms with Crippen molar-refractivity contribution in [3.63, 3.8) is 0 Å². The van der Waals surface area contributed by atoms with Crippen molar-refractivity contribution in [2.75, 3.05) is 19.6 Å². The Hall–Kier alpha value is -2.08. The fourth-order valence-electron chi connectivity index (χ4n) is 2.49. The second kappa shape index (κ2) is 7.79. The van der Waals surface area contributed by atoms with E-state index in [1.807, 2.05) is 44.2 Å². The summed E-state index contributed by atoms with van der Waals surface area (Å²) in [5.74, 6) is -0.0862. The van der Waals surface area contributed by atoms with Gasteiger partial charge in [0.05, 0.1) is 18.8 Å². The lowest BCUT2D eigenvalue weighted by molar-refractivity contribution is -0.142. The van der Waals surface area contributed by atoms with Crippen molar-refractivity contribution in [3.8, 4) is 0 Å². The monoisotopic (exact) mass is 305 g/mol. The van der Waals surface area contributed by atoms with Crippen LogP contribution in [0.1, 0.15) is 19.4 Å². The van der Waals surface area contributed by atoms with Gasteiger partial charge >= 0.3 is 6.03 Å². The molecule has 22 heavy (non-hydrogen) atoms. The second-order valence-corrected chi connectivity index (χ2v) is 5.58. The zero-order chi connectivity index (χ0) is 15.9. The first-order valence-corrected chi connectivity index (χ1v) is 7.53. The van der Waals surface area contributed by atoms with E-state index in [1.54, 1.807) is 4.90 Å². The van der Waals surface area contributed by atoms with E-state index in [0.29, 0.717) is 19.6 Å². The average molecular weight is 305 g/mol. The van der Waals surface area contributed by atoms with Crippen molar-refractivity contribution in [1.82, 2.24) is 15.5 Å². The van der Waals surface area contributed by atoms with Gasteiger partial charge in [0.25, 0.3) is 0 Å². The van der Waals surface area contributed by atoms with Gasteiger partial charge in [-0.1, -0.05) is 30.3 Å². The molecule has 1 saturated heterocycles. The van der Waals surface area contributed by atoms with Crippen molar-refractivity contribution in [3.05, 3.63) is 35.9 Å². The number of nitrogens with one attached hydrogen (secondary N) is 2. The number of nitrogens with zero attached hydrogens (tertiary/aromatic N) is 1. The highest BCUT2D eigenvalue weighted by Gasteiger charge is 2.25. The van der Waals surface area contributed by atoms with Crippen molar-refractivity contribution in [1.29, 1.82) is 0 Å². The maximum atomic E-state index is 12.1. The molecule has 0 unspecified atom stereocenters. The van der Waals surface area contributed by atoms with Gasteiger partial charge in [-0.15, -0.1) is 0 Å². The normalized spacial score (nSPS) is 21.3. The molecule has 0 saturated carbocycles. The third-order valence-electron chi connectivity index (χ3n) is 3.47. The lowest BCUT2D eigenvalue weighted by Crippen LogP contribution is -2.51. The molecule has 3 amide bonds. The van der Waals surface area contributed by atoms with Gasteiger partial charge in [-0.25, -0.2) is 4.79 Å². The highest BCUT2D eigenvalue weighted by Crippen LogP contribution is 2.10. The molecule has 120 valence electrons. The van der Waals surface area contributed by atoms with E-state index in [9.17, 15) is 9.59 Å². The van der Waals surface area contributed by atoms with E-state index >= 15 is 0 Å². The summed E-state index contributed by atoms with van der Waals surface area (Å²) in [5.41, 5.74) is 1.01. The quantitative estimate of drug-likeness (QED) is 0.876. The van der Waals surface area contributed by atoms with Crippen molar-refractivity contribution in [2.45, 2.75) is 32.6 Å². The van der Waals surface area contributed by atoms with Gasteiger partial charge in [0, 0.05) is 19.6 Å².